The van der Waals surface area contributed by atoms with E-state index in [1.54, 1.807) is 0 Å². The Hall–Kier alpha value is -3.32. The van der Waals surface area contributed by atoms with Crippen molar-refractivity contribution in [3.8, 4) is 22.5 Å². The van der Waals surface area contributed by atoms with E-state index < -0.39 is 0 Å². The van der Waals surface area contributed by atoms with Crippen LogP contribution in [0.25, 0.3) is 44.2 Å². The molecule has 0 aliphatic heterocycles. The van der Waals surface area contributed by atoms with Gasteiger partial charge in [-0.1, -0.05) is 91.0 Å². The first-order chi connectivity index (χ1) is 12.4. The van der Waals surface area contributed by atoms with Gasteiger partial charge in [0, 0.05) is 16.5 Å². The fraction of sp³-hybridized carbons (Fsp3) is 0. The fourth-order valence-electron chi connectivity index (χ4n) is 3.55. The van der Waals surface area contributed by atoms with Crippen molar-refractivity contribution in [2.75, 3.05) is 0 Å². The number of fused-ring (bicyclic) bond motifs is 2. The van der Waals surface area contributed by atoms with E-state index in [0.29, 0.717) is 0 Å². The molecule has 0 amide bonds. The molecule has 0 saturated carbocycles. The summed E-state index contributed by atoms with van der Waals surface area (Å²) < 4.78 is 6.35. The molecule has 0 N–H and O–H groups in total. The summed E-state index contributed by atoms with van der Waals surface area (Å²) in [6.45, 7) is 0. The molecule has 0 atom stereocenters. The van der Waals surface area contributed by atoms with Gasteiger partial charge in [-0.05, 0) is 22.4 Å². The number of hydrogen-bond donors (Lipinski definition) is 0. The highest BCUT2D eigenvalue weighted by atomic mass is 16.3. The van der Waals surface area contributed by atoms with Crippen molar-refractivity contribution in [3.63, 3.8) is 0 Å². The average Bonchev–Trinajstić information content (AvgIpc) is 3.07. The predicted molar refractivity (Wildman–Crippen MR) is 105 cm³/mol. The molecule has 0 radical (unpaired) electrons. The molecule has 0 unspecified atom stereocenters. The molecule has 5 aromatic rings. The van der Waals surface area contributed by atoms with Crippen LogP contribution in [0.4, 0.5) is 0 Å². The van der Waals surface area contributed by atoms with Crippen molar-refractivity contribution in [3.05, 3.63) is 97.1 Å². The van der Waals surface area contributed by atoms with Gasteiger partial charge in [-0.15, -0.1) is 0 Å². The minimum atomic E-state index is 0.921. The Bertz CT molecular complexity index is 1180. The van der Waals surface area contributed by atoms with Crippen molar-refractivity contribution >= 4 is 21.7 Å². The number of furan rings is 1. The fourth-order valence-corrected chi connectivity index (χ4v) is 3.55. The van der Waals surface area contributed by atoms with Crippen LogP contribution in [0.2, 0.25) is 0 Å². The van der Waals surface area contributed by atoms with Crippen LogP contribution in [-0.2, 0) is 0 Å². The Morgan fingerprint density at radius 2 is 1.20 bits per heavy atom. The molecule has 5 rings (SSSR count). The van der Waals surface area contributed by atoms with Crippen molar-refractivity contribution < 1.29 is 4.42 Å². The highest BCUT2D eigenvalue weighted by Crippen LogP contribution is 2.42. The van der Waals surface area contributed by atoms with E-state index in [1.165, 1.54) is 16.3 Å². The van der Waals surface area contributed by atoms with E-state index in [-0.39, 0.29) is 0 Å². The molecule has 0 bridgehead atoms. The second-order valence-corrected chi connectivity index (χ2v) is 6.20. The van der Waals surface area contributed by atoms with Gasteiger partial charge in [-0.25, -0.2) is 0 Å². The molecule has 25 heavy (non-hydrogen) atoms. The SMILES string of the molecule is c1ccc(-c2c(-c3cccc4ccccc34)oc3ccccc23)cc1. The maximum Gasteiger partial charge on any atom is 0.143 e. The maximum absolute atomic E-state index is 6.35. The Kier molecular flexibility index (Phi) is 3.17. The molecule has 0 spiro atoms. The lowest BCUT2D eigenvalue weighted by atomic mass is 9.95. The highest BCUT2D eigenvalue weighted by molar-refractivity contribution is 6.06. The molecule has 1 nitrogen and oxygen atoms in total. The summed E-state index contributed by atoms with van der Waals surface area (Å²) in [6.07, 6.45) is 0. The molecule has 0 aliphatic rings. The molecular formula is C24H16O. The predicted octanol–water partition coefficient (Wildman–Crippen LogP) is 6.92. The van der Waals surface area contributed by atoms with Gasteiger partial charge < -0.3 is 4.42 Å². The van der Waals surface area contributed by atoms with Crippen LogP contribution in [0.1, 0.15) is 0 Å². The quantitative estimate of drug-likeness (QED) is 0.344. The summed E-state index contributed by atoms with van der Waals surface area (Å²) in [5.41, 5.74) is 4.39. The Morgan fingerprint density at radius 3 is 2.08 bits per heavy atom. The summed E-state index contributed by atoms with van der Waals surface area (Å²) in [7, 11) is 0. The third-order valence-electron chi connectivity index (χ3n) is 4.69. The van der Waals surface area contributed by atoms with Crippen molar-refractivity contribution in [2.45, 2.75) is 0 Å². The highest BCUT2D eigenvalue weighted by Gasteiger charge is 2.18. The van der Waals surface area contributed by atoms with E-state index in [1.807, 2.05) is 18.2 Å². The lowest BCUT2D eigenvalue weighted by molar-refractivity contribution is 0.633. The lowest BCUT2D eigenvalue weighted by Gasteiger charge is -2.07. The topological polar surface area (TPSA) is 13.1 Å². The van der Waals surface area contributed by atoms with E-state index in [4.69, 9.17) is 4.42 Å². The molecule has 1 aromatic heterocycles. The second-order valence-electron chi connectivity index (χ2n) is 6.20. The van der Waals surface area contributed by atoms with Crippen LogP contribution in [0, 0.1) is 0 Å². The molecule has 0 aliphatic carbocycles. The van der Waals surface area contributed by atoms with Crippen molar-refractivity contribution in [1.29, 1.82) is 0 Å². The van der Waals surface area contributed by atoms with Crippen LogP contribution in [0.3, 0.4) is 0 Å². The zero-order chi connectivity index (χ0) is 16.6. The van der Waals surface area contributed by atoms with Crippen LogP contribution < -0.4 is 0 Å². The van der Waals surface area contributed by atoms with E-state index >= 15 is 0 Å². The van der Waals surface area contributed by atoms with E-state index in [2.05, 4.69) is 78.9 Å². The van der Waals surface area contributed by atoms with Gasteiger partial charge in [0.25, 0.3) is 0 Å². The first-order valence-corrected chi connectivity index (χ1v) is 8.47. The minimum absolute atomic E-state index is 0.921. The molecule has 1 heteroatoms. The first kappa shape index (κ1) is 14.1. The molecule has 0 saturated heterocycles. The van der Waals surface area contributed by atoms with Gasteiger partial charge >= 0.3 is 0 Å². The Balaban J connectivity index is 1.91. The van der Waals surface area contributed by atoms with E-state index in [9.17, 15) is 0 Å². The monoisotopic (exact) mass is 320 g/mol. The standard InChI is InChI=1S/C24H16O/c1-2-10-18(11-3-1)23-21-14-6-7-16-22(21)25-24(23)20-15-8-12-17-9-4-5-13-19(17)20/h1-16H. The summed E-state index contributed by atoms with van der Waals surface area (Å²) in [5.74, 6) is 0.934. The normalized spacial score (nSPS) is 11.2. The van der Waals surface area contributed by atoms with Crippen LogP contribution in [0.15, 0.2) is 101 Å². The maximum atomic E-state index is 6.35. The summed E-state index contributed by atoms with van der Waals surface area (Å²) in [6, 6.07) is 33.6. The average molecular weight is 320 g/mol. The molecule has 1 heterocycles. The van der Waals surface area contributed by atoms with Crippen molar-refractivity contribution in [1.82, 2.24) is 0 Å². The number of para-hydroxylation sites is 1. The molecule has 4 aromatic carbocycles. The molecular weight excluding hydrogens is 304 g/mol. The summed E-state index contributed by atoms with van der Waals surface area (Å²) >= 11 is 0. The number of hydrogen-bond acceptors (Lipinski definition) is 1. The van der Waals surface area contributed by atoms with Crippen LogP contribution >= 0.6 is 0 Å². The molecule has 118 valence electrons. The zero-order valence-electron chi connectivity index (χ0n) is 13.6. The Morgan fingerprint density at radius 1 is 0.520 bits per heavy atom. The Labute approximate surface area is 146 Å². The van der Waals surface area contributed by atoms with Crippen molar-refractivity contribution in [2.24, 2.45) is 0 Å². The third kappa shape index (κ3) is 2.25. The summed E-state index contributed by atoms with van der Waals surface area (Å²) in [5, 5.41) is 3.58. The van der Waals surface area contributed by atoms with Crippen LogP contribution in [0.5, 0.6) is 0 Å². The first-order valence-electron chi connectivity index (χ1n) is 8.47. The van der Waals surface area contributed by atoms with Gasteiger partial charge in [0.05, 0.1) is 0 Å². The third-order valence-corrected chi connectivity index (χ3v) is 4.69. The van der Waals surface area contributed by atoms with Gasteiger partial charge in [0.2, 0.25) is 0 Å². The molecule has 0 fully saturated rings. The zero-order valence-corrected chi connectivity index (χ0v) is 13.6. The smallest absolute Gasteiger partial charge is 0.143 e. The van der Waals surface area contributed by atoms with Gasteiger partial charge in [-0.3, -0.25) is 0 Å². The van der Waals surface area contributed by atoms with Gasteiger partial charge in [-0.2, -0.15) is 0 Å². The summed E-state index contributed by atoms with van der Waals surface area (Å²) in [4.78, 5) is 0. The van der Waals surface area contributed by atoms with Gasteiger partial charge in [0.15, 0.2) is 0 Å². The van der Waals surface area contributed by atoms with Crippen LogP contribution in [-0.4, -0.2) is 0 Å². The minimum Gasteiger partial charge on any atom is -0.455 e. The number of benzene rings is 4. The van der Waals surface area contributed by atoms with E-state index in [0.717, 1.165) is 27.9 Å². The lowest BCUT2D eigenvalue weighted by Crippen LogP contribution is -1.83. The van der Waals surface area contributed by atoms with Gasteiger partial charge in [0.1, 0.15) is 11.3 Å². The number of rotatable bonds is 2. The largest absolute Gasteiger partial charge is 0.455 e. The second kappa shape index (κ2) is 5.64.